The van der Waals surface area contributed by atoms with E-state index in [-0.39, 0.29) is 31.1 Å². The molecule has 0 aromatic carbocycles. The molecule has 486 valence electrons. The number of hydrogen-bond acceptors (Lipinski definition) is 6. The molecular formula is C76H146O6. The quantitative estimate of drug-likeness (QED) is 0.0261. The molecule has 0 radical (unpaired) electrons. The Bertz CT molecular complexity index is 1280. The SMILES string of the molecule is CCC/C=C\CCCCCCCC(=O)OCC(COC(=O)CCCCCCCCCCCCCCCCCCCCCCCCCCCCC)OC(=O)CCCCCCCCCCCCCCCCCCCCCCCCCCCCC. The summed E-state index contributed by atoms with van der Waals surface area (Å²) in [5.41, 5.74) is 0. The van der Waals surface area contributed by atoms with Crippen LogP contribution in [-0.2, 0) is 28.6 Å². The van der Waals surface area contributed by atoms with Gasteiger partial charge in [-0.25, -0.2) is 0 Å². The topological polar surface area (TPSA) is 78.9 Å². The van der Waals surface area contributed by atoms with Crippen LogP contribution >= 0.6 is 0 Å². The van der Waals surface area contributed by atoms with Crippen LogP contribution in [0.5, 0.6) is 0 Å². The summed E-state index contributed by atoms with van der Waals surface area (Å²) < 4.78 is 17.0. The summed E-state index contributed by atoms with van der Waals surface area (Å²) in [7, 11) is 0. The lowest BCUT2D eigenvalue weighted by molar-refractivity contribution is -0.167. The van der Waals surface area contributed by atoms with Crippen LogP contribution in [0.25, 0.3) is 0 Å². The third-order valence-corrected chi connectivity index (χ3v) is 17.5. The second-order valence-corrected chi connectivity index (χ2v) is 25.9. The smallest absolute Gasteiger partial charge is 0.306 e. The van der Waals surface area contributed by atoms with Gasteiger partial charge in [0.2, 0.25) is 0 Å². The highest BCUT2D eigenvalue weighted by atomic mass is 16.6. The van der Waals surface area contributed by atoms with Crippen molar-refractivity contribution in [3.8, 4) is 0 Å². The van der Waals surface area contributed by atoms with Crippen molar-refractivity contribution in [1.82, 2.24) is 0 Å². The minimum atomic E-state index is -0.770. The summed E-state index contributed by atoms with van der Waals surface area (Å²) in [6, 6.07) is 0. The van der Waals surface area contributed by atoms with Gasteiger partial charge in [-0.15, -0.1) is 0 Å². The predicted molar refractivity (Wildman–Crippen MR) is 358 cm³/mol. The van der Waals surface area contributed by atoms with Crippen molar-refractivity contribution in [2.45, 2.75) is 444 Å². The molecule has 0 bridgehead atoms. The van der Waals surface area contributed by atoms with E-state index in [0.29, 0.717) is 19.3 Å². The van der Waals surface area contributed by atoms with Gasteiger partial charge in [-0.2, -0.15) is 0 Å². The van der Waals surface area contributed by atoms with Crippen molar-refractivity contribution < 1.29 is 28.6 Å². The number of ether oxygens (including phenoxy) is 3. The first-order valence-electron chi connectivity index (χ1n) is 37.7. The first kappa shape index (κ1) is 80.2. The second kappa shape index (κ2) is 71.6. The van der Waals surface area contributed by atoms with Gasteiger partial charge in [0.15, 0.2) is 6.10 Å². The van der Waals surface area contributed by atoms with Crippen molar-refractivity contribution in [2.75, 3.05) is 13.2 Å². The van der Waals surface area contributed by atoms with E-state index in [4.69, 9.17) is 14.2 Å². The maximum atomic E-state index is 13.0. The minimum Gasteiger partial charge on any atom is -0.462 e. The lowest BCUT2D eigenvalue weighted by Gasteiger charge is -2.18. The third kappa shape index (κ3) is 68.9. The van der Waals surface area contributed by atoms with Gasteiger partial charge in [0, 0.05) is 19.3 Å². The van der Waals surface area contributed by atoms with Gasteiger partial charge in [-0.05, 0) is 38.5 Å². The number of hydrogen-bond donors (Lipinski definition) is 0. The Labute approximate surface area is 513 Å². The van der Waals surface area contributed by atoms with Gasteiger partial charge in [0.25, 0.3) is 0 Å². The summed E-state index contributed by atoms with van der Waals surface area (Å²) in [6.45, 7) is 6.67. The molecule has 1 unspecified atom stereocenters. The van der Waals surface area contributed by atoms with Gasteiger partial charge >= 0.3 is 17.9 Å². The number of carbonyl (C=O) groups is 3. The number of unbranched alkanes of at least 4 members (excludes halogenated alkanes) is 58. The summed E-state index contributed by atoms with van der Waals surface area (Å²) in [6.07, 6.45) is 87.1. The van der Waals surface area contributed by atoms with Crippen LogP contribution in [0.15, 0.2) is 12.2 Å². The molecule has 0 saturated heterocycles. The van der Waals surface area contributed by atoms with Crippen molar-refractivity contribution in [3.05, 3.63) is 12.2 Å². The highest BCUT2D eigenvalue weighted by molar-refractivity contribution is 5.71. The Morgan fingerprint density at radius 3 is 0.659 bits per heavy atom. The molecule has 0 fully saturated rings. The molecule has 82 heavy (non-hydrogen) atoms. The molecule has 0 aliphatic carbocycles. The van der Waals surface area contributed by atoms with E-state index in [0.717, 1.165) is 70.6 Å². The molecular weight excluding hydrogens is 1010 g/mol. The molecule has 0 aromatic rings. The summed E-state index contributed by atoms with van der Waals surface area (Å²) >= 11 is 0. The average molecular weight is 1160 g/mol. The average Bonchev–Trinajstić information content (AvgIpc) is 3.47. The Hall–Kier alpha value is -1.85. The Morgan fingerprint density at radius 2 is 0.427 bits per heavy atom. The van der Waals surface area contributed by atoms with Crippen LogP contribution in [0.2, 0.25) is 0 Å². The van der Waals surface area contributed by atoms with E-state index >= 15 is 0 Å². The Morgan fingerprint density at radius 1 is 0.232 bits per heavy atom. The molecule has 0 aromatic heterocycles. The normalized spacial score (nSPS) is 12.0. The zero-order valence-corrected chi connectivity index (χ0v) is 56.1. The third-order valence-electron chi connectivity index (χ3n) is 17.5. The molecule has 0 aliphatic rings. The van der Waals surface area contributed by atoms with E-state index in [9.17, 15) is 14.4 Å². The van der Waals surface area contributed by atoms with Crippen molar-refractivity contribution in [1.29, 1.82) is 0 Å². The van der Waals surface area contributed by atoms with E-state index in [1.165, 1.54) is 327 Å². The molecule has 6 heteroatoms. The number of allylic oxidation sites excluding steroid dienone is 2. The van der Waals surface area contributed by atoms with Gasteiger partial charge < -0.3 is 14.2 Å². The highest BCUT2D eigenvalue weighted by Gasteiger charge is 2.20. The van der Waals surface area contributed by atoms with Crippen LogP contribution < -0.4 is 0 Å². The molecule has 0 heterocycles. The maximum Gasteiger partial charge on any atom is 0.306 e. The largest absolute Gasteiger partial charge is 0.462 e. The molecule has 0 saturated carbocycles. The van der Waals surface area contributed by atoms with E-state index in [1.54, 1.807) is 0 Å². The summed E-state index contributed by atoms with van der Waals surface area (Å²) in [4.78, 5) is 38.4. The molecule has 0 spiro atoms. The highest BCUT2D eigenvalue weighted by Crippen LogP contribution is 2.20. The summed E-state index contributed by atoms with van der Waals surface area (Å²) in [5, 5.41) is 0. The molecule has 0 N–H and O–H groups in total. The lowest BCUT2D eigenvalue weighted by Crippen LogP contribution is -2.30. The zero-order valence-electron chi connectivity index (χ0n) is 56.1. The van der Waals surface area contributed by atoms with Gasteiger partial charge in [0.1, 0.15) is 13.2 Å². The van der Waals surface area contributed by atoms with Crippen molar-refractivity contribution in [2.24, 2.45) is 0 Å². The first-order valence-corrected chi connectivity index (χ1v) is 37.7. The minimum absolute atomic E-state index is 0.0659. The zero-order chi connectivity index (χ0) is 59.2. The Balaban J connectivity index is 4.07. The fraction of sp³-hybridized carbons (Fsp3) is 0.934. The molecule has 6 nitrogen and oxygen atoms in total. The van der Waals surface area contributed by atoms with E-state index < -0.39 is 6.10 Å². The van der Waals surface area contributed by atoms with Gasteiger partial charge in [-0.1, -0.05) is 392 Å². The number of rotatable bonds is 71. The van der Waals surface area contributed by atoms with Crippen LogP contribution in [0.1, 0.15) is 438 Å². The molecule has 1 atom stereocenters. The van der Waals surface area contributed by atoms with Crippen LogP contribution in [0, 0.1) is 0 Å². The monoisotopic (exact) mass is 1160 g/mol. The molecule has 0 aliphatic heterocycles. The van der Waals surface area contributed by atoms with Gasteiger partial charge in [0.05, 0.1) is 0 Å². The second-order valence-electron chi connectivity index (χ2n) is 25.9. The van der Waals surface area contributed by atoms with Gasteiger partial charge in [-0.3, -0.25) is 14.4 Å². The van der Waals surface area contributed by atoms with Crippen molar-refractivity contribution >= 4 is 17.9 Å². The number of esters is 3. The fourth-order valence-corrected chi connectivity index (χ4v) is 11.9. The first-order chi connectivity index (χ1) is 40.5. The van der Waals surface area contributed by atoms with Crippen LogP contribution in [-0.4, -0.2) is 37.2 Å². The lowest BCUT2D eigenvalue weighted by atomic mass is 10.0. The van der Waals surface area contributed by atoms with Crippen LogP contribution in [0.4, 0.5) is 0 Å². The predicted octanol–water partition coefficient (Wildman–Crippen LogP) is 26.0. The van der Waals surface area contributed by atoms with Crippen molar-refractivity contribution in [3.63, 3.8) is 0 Å². The van der Waals surface area contributed by atoms with E-state index in [2.05, 4.69) is 32.9 Å². The van der Waals surface area contributed by atoms with Crippen LogP contribution in [0.3, 0.4) is 0 Å². The van der Waals surface area contributed by atoms with E-state index in [1.807, 2.05) is 0 Å². The number of carbonyl (C=O) groups excluding carboxylic acids is 3. The standard InChI is InChI=1S/C76H146O6/c1-4-7-10-13-16-19-22-24-26-28-30-32-34-36-38-40-42-44-46-48-50-52-54-57-60-63-66-69-75(78)81-72-73(71-80-74(77)68-65-62-59-56-21-18-15-12-9-6-3)82-76(79)70-67-64-61-58-55-53-51-49-47-45-43-41-39-37-35-33-31-29-27-25-23-20-17-14-11-8-5-2/h12,15,73H,4-11,13-14,16-72H2,1-3H3/b15-12-. The molecule has 0 rings (SSSR count). The Kier molecular flexibility index (Phi) is 70.0. The summed E-state index contributed by atoms with van der Waals surface area (Å²) in [5.74, 6) is -0.841. The maximum absolute atomic E-state index is 13.0. The fourth-order valence-electron chi connectivity index (χ4n) is 11.9. The molecule has 0 amide bonds.